The molecule has 0 fully saturated rings. The van der Waals surface area contributed by atoms with Gasteiger partial charge in [0.05, 0.1) is 12.6 Å². The zero-order valence-electron chi connectivity index (χ0n) is 10.2. The molecule has 0 saturated carbocycles. The molecule has 106 valence electrons. The van der Waals surface area contributed by atoms with Crippen LogP contribution in [0.15, 0.2) is 9.98 Å². The first kappa shape index (κ1) is 15.3. The van der Waals surface area contributed by atoms with Crippen LogP contribution in [-0.4, -0.2) is 48.7 Å². The Hall–Kier alpha value is -1.77. The molecule has 2 N–H and O–H groups in total. The molecule has 0 aliphatic carbocycles. The molecule has 0 spiro atoms. The number of ether oxygens (including phenoxy) is 1. The average molecular weight is 279 g/mol. The Kier molecular flexibility index (Phi) is 3.80. The van der Waals surface area contributed by atoms with E-state index in [0.717, 1.165) is 13.4 Å². The number of carbonyl (C=O) groups is 2. The van der Waals surface area contributed by atoms with Crippen LogP contribution in [0.5, 0.6) is 0 Å². The molecular weight excluding hydrogens is 267 g/mol. The number of carbonyl (C=O) groups excluding carboxylic acids is 2. The van der Waals surface area contributed by atoms with E-state index in [1.165, 1.54) is 13.1 Å². The smallest absolute Gasteiger partial charge is 0.452 e. The molecule has 19 heavy (non-hydrogen) atoms. The lowest BCUT2D eigenvalue weighted by atomic mass is 9.81. The Balaban J connectivity index is 3.14. The first-order valence-corrected chi connectivity index (χ1v) is 5.12. The SMILES string of the molecule is COC(=O)C(N)(CC1(C)C=NC=N1)C(=O)C(F)(F)F. The van der Waals surface area contributed by atoms with E-state index in [9.17, 15) is 22.8 Å². The summed E-state index contributed by atoms with van der Waals surface area (Å²) in [6.07, 6.45) is -3.62. The number of alkyl halides is 3. The normalized spacial score (nSPS) is 25.2. The van der Waals surface area contributed by atoms with E-state index >= 15 is 0 Å². The maximum absolute atomic E-state index is 12.5. The van der Waals surface area contributed by atoms with Gasteiger partial charge in [-0.2, -0.15) is 13.2 Å². The number of esters is 1. The molecule has 6 nitrogen and oxygen atoms in total. The lowest BCUT2D eigenvalue weighted by molar-refractivity contribution is -0.183. The zero-order valence-corrected chi connectivity index (χ0v) is 10.2. The molecule has 1 aliphatic rings. The maximum Gasteiger partial charge on any atom is 0.452 e. The van der Waals surface area contributed by atoms with E-state index in [1.807, 2.05) is 0 Å². The van der Waals surface area contributed by atoms with Crippen LogP contribution in [-0.2, 0) is 14.3 Å². The van der Waals surface area contributed by atoms with Crippen molar-refractivity contribution in [1.29, 1.82) is 0 Å². The van der Waals surface area contributed by atoms with E-state index in [4.69, 9.17) is 5.73 Å². The van der Waals surface area contributed by atoms with Crippen LogP contribution in [0.25, 0.3) is 0 Å². The summed E-state index contributed by atoms with van der Waals surface area (Å²) < 4.78 is 41.8. The number of nitrogens with zero attached hydrogens (tertiary/aromatic N) is 2. The maximum atomic E-state index is 12.5. The number of hydrogen-bond donors (Lipinski definition) is 1. The molecule has 0 amide bonds. The van der Waals surface area contributed by atoms with Crippen LogP contribution in [0, 0.1) is 0 Å². The van der Waals surface area contributed by atoms with Crippen LogP contribution >= 0.6 is 0 Å². The van der Waals surface area contributed by atoms with Crippen molar-refractivity contribution in [3.8, 4) is 0 Å². The molecular formula is C10H12F3N3O3. The van der Waals surface area contributed by atoms with Crippen LogP contribution < -0.4 is 5.73 Å². The van der Waals surface area contributed by atoms with Crippen LogP contribution in [0.2, 0.25) is 0 Å². The summed E-state index contributed by atoms with van der Waals surface area (Å²) in [6.45, 7) is 1.40. The number of nitrogens with two attached hydrogens (primary N) is 1. The fourth-order valence-corrected chi connectivity index (χ4v) is 1.73. The van der Waals surface area contributed by atoms with Gasteiger partial charge in [0, 0.05) is 12.6 Å². The topological polar surface area (TPSA) is 94.1 Å². The molecule has 1 rings (SSSR count). The molecule has 0 aromatic carbocycles. The minimum Gasteiger partial charge on any atom is -0.467 e. The van der Waals surface area contributed by atoms with E-state index < -0.39 is 35.4 Å². The molecule has 0 bridgehead atoms. The van der Waals surface area contributed by atoms with Crippen LogP contribution in [0.3, 0.4) is 0 Å². The zero-order chi connectivity index (χ0) is 14.9. The standard InChI is InChI=1S/C10H12F3N3O3/c1-8(4-15-5-16-8)3-9(14,7(18)19-2)6(17)10(11,12)13/h4-5H,3,14H2,1-2H3. The van der Waals surface area contributed by atoms with Crippen molar-refractivity contribution in [3.05, 3.63) is 0 Å². The third-order valence-corrected chi connectivity index (χ3v) is 2.62. The predicted molar refractivity (Wildman–Crippen MR) is 60.0 cm³/mol. The fourth-order valence-electron chi connectivity index (χ4n) is 1.73. The highest BCUT2D eigenvalue weighted by Crippen LogP contribution is 2.31. The summed E-state index contributed by atoms with van der Waals surface area (Å²) in [6, 6.07) is 0. The summed E-state index contributed by atoms with van der Waals surface area (Å²) in [4.78, 5) is 30.2. The predicted octanol–water partition coefficient (Wildman–Crippen LogP) is 0.250. The van der Waals surface area contributed by atoms with Crippen molar-refractivity contribution in [2.24, 2.45) is 15.7 Å². The van der Waals surface area contributed by atoms with E-state index in [0.29, 0.717) is 0 Å². The van der Waals surface area contributed by atoms with Gasteiger partial charge >= 0.3 is 12.1 Å². The molecule has 2 atom stereocenters. The minimum absolute atomic E-state index is 0.689. The Morgan fingerprint density at radius 2 is 2.00 bits per heavy atom. The van der Waals surface area contributed by atoms with Gasteiger partial charge in [-0.05, 0) is 6.92 Å². The van der Waals surface area contributed by atoms with Crippen molar-refractivity contribution in [3.63, 3.8) is 0 Å². The van der Waals surface area contributed by atoms with E-state index in [2.05, 4.69) is 14.7 Å². The molecule has 0 radical (unpaired) electrons. The number of ketones is 1. The van der Waals surface area contributed by atoms with Gasteiger partial charge in [-0.15, -0.1) is 0 Å². The third-order valence-electron chi connectivity index (χ3n) is 2.62. The summed E-state index contributed by atoms with van der Waals surface area (Å²) in [7, 11) is 0.849. The Bertz CT molecular complexity index is 447. The summed E-state index contributed by atoms with van der Waals surface area (Å²) >= 11 is 0. The molecule has 0 aromatic heterocycles. The first-order chi connectivity index (χ1) is 8.55. The number of methoxy groups -OCH3 is 1. The molecule has 9 heteroatoms. The van der Waals surface area contributed by atoms with Gasteiger partial charge in [0.2, 0.25) is 0 Å². The number of hydrogen-bond acceptors (Lipinski definition) is 6. The molecule has 2 unspecified atom stereocenters. The van der Waals surface area contributed by atoms with Gasteiger partial charge in [0.15, 0.2) is 5.54 Å². The molecule has 1 heterocycles. The van der Waals surface area contributed by atoms with Crippen LogP contribution in [0.1, 0.15) is 13.3 Å². The van der Waals surface area contributed by atoms with Crippen molar-refractivity contribution in [2.75, 3.05) is 7.11 Å². The minimum atomic E-state index is -5.25. The highest BCUT2D eigenvalue weighted by atomic mass is 19.4. The van der Waals surface area contributed by atoms with Crippen LogP contribution in [0.4, 0.5) is 13.2 Å². The highest BCUT2D eigenvalue weighted by molar-refractivity contribution is 6.11. The Morgan fingerprint density at radius 1 is 1.42 bits per heavy atom. The lowest BCUT2D eigenvalue weighted by Gasteiger charge is -2.30. The molecule has 0 saturated heterocycles. The number of halogens is 3. The van der Waals surface area contributed by atoms with Gasteiger partial charge in [0.1, 0.15) is 6.34 Å². The van der Waals surface area contributed by atoms with Gasteiger partial charge in [0.25, 0.3) is 5.78 Å². The molecule has 0 aromatic rings. The lowest BCUT2D eigenvalue weighted by Crippen LogP contribution is -2.62. The fraction of sp³-hybridized carbons (Fsp3) is 0.600. The Morgan fingerprint density at radius 3 is 2.37 bits per heavy atom. The van der Waals surface area contributed by atoms with E-state index in [1.54, 1.807) is 0 Å². The third kappa shape index (κ3) is 2.98. The average Bonchev–Trinajstić information content (AvgIpc) is 2.72. The second-order valence-corrected chi connectivity index (χ2v) is 4.35. The summed E-state index contributed by atoms with van der Waals surface area (Å²) in [5.74, 6) is -3.84. The Labute approximate surface area is 106 Å². The molecule has 1 aliphatic heterocycles. The van der Waals surface area contributed by atoms with E-state index in [-0.39, 0.29) is 0 Å². The summed E-state index contributed by atoms with van der Waals surface area (Å²) in [5.41, 5.74) is 1.26. The van der Waals surface area contributed by atoms with Crippen molar-refractivity contribution in [1.82, 2.24) is 0 Å². The quantitative estimate of drug-likeness (QED) is 0.589. The first-order valence-electron chi connectivity index (χ1n) is 5.12. The van der Waals surface area contributed by atoms with Crippen molar-refractivity contribution in [2.45, 2.75) is 30.6 Å². The summed E-state index contributed by atoms with van der Waals surface area (Å²) in [5, 5.41) is 0. The monoisotopic (exact) mass is 279 g/mol. The number of aliphatic imine (C=N–C) groups is 2. The van der Waals surface area contributed by atoms with Gasteiger partial charge in [-0.25, -0.2) is 9.79 Å². The van der Waals surface area contributed by atoms with Gasteiger partial charge in [-0.1, -0.05) is 0 Å². The number of rotatable bonds is 4. The largest absolute Gasteiger partial charge is 0.467 e. The van der Waals surface area contributed by atoms with Crippen molar-refractivity contribution >= 4 is 24.3 Å². The second-order valence-electron chi connectivity index (χ2n) is 4.35. The van der Waals surface area contributed by atoms with Crippen molar-refractivity contribution < 1.29 is 27.5 Å². The number of Topliss-reactive ketones (excluding diaryl/α,β-unsaturated/α-hetero) is 1. The van der Waals surface area contributed by atoms with Gasteiger partial charge < -0.3 is 10.5 Å². The highest BCUT2D eigenvalue weighted by Gasteiger charge is 2.58. The van der Waals surface area contributed by atoms with Gasteiger partial charge in [-0.3, -0.25) is 9.79 Å². The second kappa shape index (κ2) is 4.72.